The molecule has 1 aromatic heterocycles. The molecule has 5 rings (SSSR count). The highest BCUT2D eigenvalue weighted by molar-refractivity contribution is 7.92. The van der Waals surface area contributed by atoms with E-state index in [4.69, 9.17) is 14.0 Å². The van der Waals surface area contributed by atoms with Crippen LogP contribution in [-0.4, -0.2) is 58.9 Å². The molecule has 2 aliphatic rings. The Bertz CT molecular complexity index is 1240. The van der Waals surface area contributed by atoms with Crippen LogP contribution in [0.4, 0.5) is 5.82 Å². The summed E-state index contributed by atoms with van der Waals surface area (Å²) in [7, 11) is -0.971. The number of nitrogens with zero attached hydrogens (tertiary/aromatic N) is 2. The molecule has 0 spiro atoms. The summed E-state index contributed by atoms with van der Waals surface area (Å²) >= 11 is 0. The van der Waals surface area contributed by atoms with Crippen molar-refractivity contribution in [3.63, 3.8) is 0 Å². The summed E-state index contributed by atoms with van der Waals surface area (Å²) in [6.45, 7) is 5.09. The van der Waals surface area contributed by atoms with E-state index in [9.17, 15) is 8.42 Å². The van der Waals surface area contributed by atoms with E-state index in [1.807, 2.05) is 12.1 Å². The van der Waals surface area contributed by atoms with Crippen molar-refractivity contribution in [3.8, 4) is 11.5 Å². The number of aromatic nitrogens is 1. The Balaban J connectivity index is 0.00000259. The van der Waals surface area contributed by atoms with E-state index < -0.39 is 10.0 Å². The average Bonchev–Trinajstić information content (AvgIpc) is 3.48. The highest BCUT2D eigenvalue weighted by atomic mass is 35.5. The second-order valence-electron chi connectivity index (χ2n) is 8.33. The van der Waals surface area contributed by atoms with Gasteiger partial charge >= 0.3 is 0 Å². The lowest BCUT2D eigenvalue weighted by molar-refractivity contribution is 0.305. The van der Waals surface area contributed by atoms with Crippen LogP contribution in [-0.2, 0) is 16.6 Å². The smallest absolute Gasteiger partial charge is 0.266 e. The summed E-state index contributed by atoms with van der Waals surface area (Å²) in [5.41, 5.74) is 1.51. The van der Waals surface area contributed by atoms with Crippen molar-refractivity contribution in [1.29, 1.82) is 0 Å². The number of likely N-dealkylation sites (tertiary alicyclic amines) is 1. The summed E-state index contributed by atoms with van der Waals surface area (Å²) in [4.78, 5) is 2.46. The number of sulfonamides is 1. The maximum Gasteiger partial charge on any atom is 0.266 e. The van der Waals surface area contributed by atoms with Crippen LogP contribution >= 0.6 is 12.4 Å². The third-order valence-electron chi connectivity index (χ3n) is 6.28. The summed E-state index contributed by atoms with van der Waals surface area (Å²) in [6, 6.07) is 10.2. The lowest BCUT2D eigenvalue weighted by Crippen LogP contribution is -2.25. The molecule has 178 valence electrons. The van der Waals surface area contributed by atoms with Gasteiger partial charge in [-0.25, -0.2) is 8.42 Å². The number of halogens is 1. The second-order valence-corrected chi connectivity index (χ2v) is 9.98. The van der Waals surface area contributed by atoms with E-state index in [0.29, 0.717) is 28.6 Å². The van der Waals surface area contributed by atoms with Crippen molar-refractivity contribution in [2.45, 2.75) is 11.4 Å². The lowest BCUT2D eigenvalue weighted by Gasteiger charge is -2.17. The number of hydrogen-bond donors (Lipinski definition) is 2. The van der Waals surface area contributed by atoms with Crippen LogP contribution in [0.2, 0.25) is 0 Å². The topological polar surface area (TPSA) is 106 Å². The van der Waals surface area contributed by atoms with Crippen LogP contribution in [0.1, 0.15) is 5.56 Å². The molecule has 2 aliphatic heterocycles. The largest absolute Gasteiger partial charge is 0.496 e. The Morgan fingerprint density at radius 3 is 2.52 bits per heavy atom. The molecule has 2 fully saturated rings. The van der Waals surface area contributed by atoms with Crippen LogP contribution in [0, 0.1) is 11.8 Å². The fourth-order valence-electron chi connectivity index (χ4n) is 4.77. The number of nitrogens with one attached hydrogen (secondary N) is 2. The Hall–Kier alpha value is -2.53. The van der Waals surface area contributed by atoms with Crippen molar-refractivity contribution in [3.05, 3.63) is 42.0 Å². The molecule has 3 aromatic rings. The Morgan fingerprint density at radius 1 is 1.12 bits per heavy atom. The van der Waals surface area contributed by atoms with Crippen LogP contribution < -0.4 is 19.5 Å². The van der Waals surface area contributed by atoms with Gasteiger partial charge in [0.05, 0.1) is 14.2 Å². The van der Waals surface area contributed by atoms with Crippen molar-refractivity contribution >= 4 is 39.2 Å². The van der Waals surface area contributed by atoms with Gasteiger partial charge in [0, 0.05) is 19.6 Å². The minimum absolute atomic E-state index is 0. The van der Waals surface area contributed by atoms with Crippen molar-refractivity contribution in [2.24, 2.45) is 11.8 Å². The predicted octanol–water partition coefficient (Wildman–Crippen LogP) is 2.72. The zero-order chi connectivity index (χ0) is 22.3. The minimum Gasteiger partial charge on any atom is -0.496 e. The lowest BCUT2D eigenvalue weighted by atomic mass is 10.0. The zero-order valence-corrected chi connectivity index (χ0v) is 20.0. The van der Waals surface area contributed by atoms with Crippen molar-refractivity contribution in [2.75, 3.05) is 45.1 Å². The van der Waals surface area contributed by atoms with Gasteiger partial charge < -0.3 is 19.3 Å². The first-order valence-electron chi connectivity index (χ1n) is 10.5. The van der Waals surface area contributed by atoms with E-state index in [1.165, 1.54) is 13.2 Å². The molecule has 3 heterocycles. The normalized spacial score (nSPS) is 20.4. The standard InChI is InChI=1S/C22H26N4O5S.ClH/c1-29-17-5-3-4-6-20(17)32(27,28)25-22-21-18(30-2)7-14(8-19(21)31-24-22)11-26-12-15-9-23-10-16(15)13-26;/h3-8,15-16,23H,9-13H2,1-2H3,(H,24,25);1H/t15-,16+;. The van der Waals surface area contributed by atoms with Crippen molar-refractivity contribution < 1.29 is 22.4 Å². The van der Waals surface area contributed by atoms with Gasteiger partial charge in [0.15, 0.2) is 11.4 Å². The quantitative estimate of drug-likeness (QED) is 0.516. The highest BCUT2D eigenvalue weighted by Gasteiger charge is 2.36. The first-order chi connectivity index (χ1) is 15.5. The first kappa shape index (κ1) is 23.6. The van der Waals surface area contributed by atoms with Crippen molar-refractivity contribution in [1.82, 2.24) is 15.4 Å². The summed E-state index contributed by atoms with van der Waals surface area (Å²) in [6.07, 6.45) is 0. The third kappa shape index (κ3) is 4.48. The monoisotopic (exact) mass is 494 g/mol. The number of hydrogen-bond acceptors (Lipinski definition) is 8. The molecule has 2 atom stereocenters. The van der Waals surface area contributed by atoms with Gasteiger partial charge in [0.25, 0.3) is 10.0 Å². The van der Waals surface area contributed by atoms with E-state index in [-0.39, 0.29) is 28.9 Å². The fourth-order valence-corrected chi connectivity index (χ4v) is 5.95. The number of fused-ring (bicyclic) bond motifs is 2. The molecule has 9 nitrogen and oxygen atoms in total. The molecule has 2 saturated heterocycles. The molecule has 0 unspecified atom stereocenters. The van der Waals surface area contributed by atoms with Gasteiger partial charge in [0.1, 0.15) is 21.8 Å². The Labute approximate surface area is 198 Å². The minimum atomic E-state index is -3.95. The number of methoxy groups -OCH3 is 2. The molecule has 33 heavy (non-hydrogen) atoms. The maximum absolute atomic E-state index is 13.0. The number of anilines is 1. The van der Waals surface area contributed by atoms with E-state index in [2.05, 4.69) is 20.1 Å². The van der Waals surface area contributed by atoms with Crippen LogP contribution in [0.25, 0.3) is 11.0 Å². The van der Waals surface area contributed by atoms with Gasteiger partial charge in [-0.1, -0.05) is 17.3 Å². The van der Waals surface area contributed by atoms with Gasteiger partial charge in [-0.3, -0.25) is 9.62 Å². The summed E-state index contributed by atoms with van der Waals surface area (Å²) in [5, 5.41) is 7.92. The van der Waals surface area contributed by atoms with Gasteiger partial charge in [-0.15, -0.1) is 12.4 Å². The van der Waals surface area contributed by atoms with Crippen LogP contribution in [0.3, 0.4) is 0 Å². The summed E-state index contributed by atoms with van der Waals surface area (Å²) in [5.74, 6) is 2.25. The molecule has 0 amide bonds. The van der Waals surface area contributed by atoms with Gasteiger partial charge in [-0.05, 0) is 54.8 Å². The number of benzene rings is 2. The first-order valence-corrected chi connectivity index (χ1v) is 12.0. The van der Waals surface area contributed by atoms with E-state index in [1.54, 1.807) is 25.3 Å². The highest BCUT2D eigenvalue weighted by Crippen LogP contribution is 2.36. The number of rotatable bonds is 7. The summed E-state index contributed by atoms with van der Waals surface area (Å²) < 4.78 is 44.8. The number of ether oxygens (including phenoxy) is 2. The third-order valence-corrected chi connectivity index (χ3v) is 7.66. The predicted molar refractivity (Wildman–Crippen MR) is 127 cm³/mol. The average molecular weight is 495 g/mol. The van der Waals surface area contributed by atoms with E-state index >= 15 is 0 Å². The molecule has 0 saturated carbocycles. The second kappa shape index (κ2) is 9.38. The van der Waals surface area contributed by atoms with Crippen LogP contribution in [0.15, 0.2) is 45.8 Å². The van der Waals surface area contributed by atoms with Crippen LogP contribution in [0.5, 0.6) is 11.5 Å². The SMILES string of the molecule is COc1ccccc1S(=O)(=O)Nc1noc2cc(CN3C[C@H]4CNC[C@H]4C3)cc(OC)c12.Cl. The molecule has 0 aliphatic carbocycles. The Kier molecular flexibility index (Phi) is 6.71. The molecular formula is C22H27ClN4O5S. The van der Waals surface area contributed by atoms with Gasteiger partial charge in [0.2, 0.25) is 0 Å². The molecule has 0 bridgehead atoms. The molecule has 11 heteroatoms. The molecule has 2 N–H and O–H groups in total. The molecule has 0 radical (unpaired) electrons. The van der Waals surface area contributed by atoms with E-state index in [0.717, 1.165) is 38.3 Å². The fraction of sp³-hybridized carbons (Fsp3) is 0.409. The maximum atomic E-state index is 13.0. The Morgan fingerprint density at radius 2 is 1.82 bits per heavy atom. The molecular weight excluding hydrogens is 468 g/mol. The molecule has 2 aromatic carbocycles. The van der Waals surface area contributed by atoms with Gasteiger partial charge in [-0.2, -0.15) is 0 Å². The number of para-hydroxylation sites is 1. The zero-order valence-electron chi connectivity index (χ0n) is 18.4.